The third-order valence-corrected chi connectivity index (χ3v) is 4.01. The van der Waals surface area contributed by atoms with Crippen LogP contribution in [0.3, 0.4) is 0 Å². The first-order valence-corrected chi connectivity index (χ1v) is 6.65. The van der Waals surface area contributed by atoms with E-state index in [1.165, 1.54) is 6.33 Å². The zero-order valence-corrected chi connectivity index (χ0v) is 11.3. The Kier molecular flexibility index (Phi) is 3.17. The number of piperazine rings is 1. The number of rotatable bonds is 2. The Hall–Kier alpha value is -1.96. The summed E-state index contributed by atoms with van der Waals surface area (Å²) in [6, 6.07) is 0.101. The van der Waals surface area contributed by atoms with Gasteiger partial charge in [0.25, 0.3) is 0 Å². The maximum absolute atomic E-state index is 11.6. The van der Waals surface area contributed by atoms with Crippen molar-refractivity contribution in [3.8, 4) is 0 Å². The lowest BCUT2D eigenvalue weighted by atomic mass is 10.1. The number of halogens is 1. The number of aromatic nitrogens is 2. The number of carbonyl (C=O) groups is 1. The summed E-state index contributed by atoms with van der Waals surface area (Å²) in [4.78, 5) is 33.5. The number of nitrogens with zero attached hydrogens (tertiary/aromatic N) is 5. The van der Waals surface area contributed by atoms with Gasteiger partial charge in [-0.2, -0.15) is 0 Å². The van der Waals surface area contributed by atoms with E-state index < -0.39 is 4.92 Å². The summed E-state index contributed by atoms with van der Waals surface area (Å²) in [5.41, 5.74) is -0.271. The maximum Gasteiger partial charge on any atom is 0.348 e. The Balaban J connectivity index is 1.89. The fourth-order valence-corrected chi connectivity index (χ4v) is 2.99. The van der Waals surface area contributed by atoms with Crippen LogP contribution in [0.15, 0.2) is 6.33 Å². The summed E-state index contributed by atoms with van der Waals surface area (Å²) in [7, 11) is 0. The van der Waals surface area contributed by atoms with Gasteiger partial charge in [0.2, 0.25) is 16.9 Å². The van der Waals surface area contributed by atoms with Crippen molar-refractivity contribution in [2.45, 2.75) is 18.9 Å². The molecule has 1 aromatic heterocycles. The normalized spacial score (nSPS) is 22.1. The molecule has 20 heavy (non-hydrogen) atoms. The molecule has 0 aromatic carbocycles. The number of anilines is 1. The lowest BCUT2D eigenvalue weighted by Gasteiger charge is -2.37. The third kappa shape index (κ3) is 2.05. The first-order valence-electron chi connectivity index (χ1n) is 6.27. The molecule has 2 aliphatic rings. The van der Waals surface area contributed by atoms with Crippen molar-refractivity contribution in [1.82, 2.24) is 14.9 Å². The fraction of sp³-hybridized carbons (Fsp3) is 0.545. The van der Waals surface area contributed by atoms with Gasteiger partial charge in [-0.15, -0.1) is 0 Å². The standard InChI is InChI=1S/C11H12ClN5O3/c12-10-9(17(19)20)11(14-6-13-10)15-3-4-16-7(5-15)1-2-8(16)18/h6-7H,1-5H2. The van der Waals surface area contributed by atoms with E-state index in [9.17, 15) is 14.9 Å². The molecule has 1 aromatic rings. The van der Waals surface area contributed by atoms with E-state index in [1.54, 1.807) is 0 Å². The van der Waals surface area contributed by atoms with Gasteiger partial charge in [-0.3, -0.25) is 14.9 Å². The zero-order valence-electron chi connectivity index (χ0n) is 10.5. The summed E-state index contributed by atoms with van der Waals surface area (Å²) in [5, 5.41) is 11.0. The lowest BCUT2D eigenvalue weighted by Crippen LogP contribution is -2.51. The molecule has 2 saturated heterocycles. The van der Waals surface area contributed by atoms with Gasteiger partial charge < -0.3 is 9.80 Å². The SMILES string of the molecule is O=C1CCC2CN(c3ncnc(Cl)c3[N+](=O)[O-])CCN12. The van der Waals surface area contributed by atoms with Crippen LogP contribution in [0.1, 0.15) is 12.8 Å². The van der Waals surface area contributed by atoms with Gasteiger partial charge in [-0.25, -0.2) is 9.97 Å². The molecule has 0 bridgehead atoms. The molecule has 2 aliphatic heterocycles. The quantitative estimate of drug-likeness (QED) is 0.456. The number of carbonyl (C=O) groups excluding carboxylic acids is 1. The van der Waals surface area contributed by atoms with Gasteiger partial charge in [0.05, 0.1) is 4.92 Å². The second-order valence-corrected chi connectivity index (χ2v) is 5.18. The van der Waals surface area contributed by atoms with Crippen molar-refractivity contribution in [3.63, 3.8) is 0 Å². The summed E-state index contributed by atoms with van der Waals surface area (Å²) in [6.45, 7) is 1.61. The molecule has 106 valence electrons. The molecule has 0 radical (unpaired) electrons. The predicted molar refractivity (Wildman–Crippen MR) is 70.6 cm³/mol. The van der Waals surface area contributed by atoms with Gasteiger partial charge >= 0.3 is 5.69 Å². The van der Waals surface area contributed by atoms with Crippen LogP contribution in [0.5, 0.6) is 0 Å². The van der Waals surface area contributed by atoms with E-state index in [1.807, 2.05) is 9.80 Å². The second-order valence-electron chi connectivity index (χ2n) is 4.82. The number of hydrogen-bond acceptors (Lipinski definition) is 6. The lowest BCUT2D eigenvalue weighted by molar-refractivity contribution is -0.384. The fourth-order valence-electron chi connectivity index (χ4n) is 2.79. The van der Waals surface area contributed by atoms with E-state index in [0.29, 0.717) is 26.1 Å². The van der Waals surface area contributed by atoms with Crippen LogP contribution in [-0.2, 0) is 4.79 Å². The number of fused-ring (bicyclic) bond motifs is 1. The van der Waals surface area contributed by atoms with Crippen molar-refractivity contribution in [3.05, 3.63) is 21.6 Å². The minimum absolute atomic E-state index is 0.101. The van der Waals surface area contributed by atoms with Crippen LogP contribution >= 0.6 is 11.6 Å². The average molecular weight is 298 g/mol. The Bertz CT molecular complexity index is 581. The van der Waals surface area contributed by atoms with Gasteiger partial charge in [-0.05, 0) is 6.42 Å². The van der Waals surface area contributed by atoms with E-state index >= 15 is 0 Å². The highest BCUT2D eigenvalue weighted by atomic mass is 35.5. The van der Waals surface area contributed by atoms with Crippen LogP contribution in [-0.4, -0.2) is 51.4 Å². The van der Waals surface area contributed by atoms with Crippen molar-refractivity contribution < 1.29 is 9.72 Å². The van der Waals surface area contributed by atoms with Crippen molar-refractivity contribution in [2.24, 2.45) is 0 Å². The Morgan fingerprint density at radius 1 is 1.40 bits per heavy atom. The Morgan fingerprint density at radius 2 is 2.20 bits per heavy atom. The minimum atomic E-state index is -0.566. The highest BCUT2D eigenvalue weighted by Gasteiger charge is 2.38. The number of hydrogen-bond donors (Lipinski definition) is 0. The van der Waals surface area contributed by atoms with E-state index in [0.717, 1.165) is 6.42 Å². The molecule has 9 heteroatoms. The van der Waals surface area contributed by atoms with Gasteiger partial charge in [-0.1, -0.05) is 11.6 Å². The van der Waals surface area contributed by atoms with Gasteiger partial charge in [0.1, 0.15) is 6.33 Å². The van der Waals surface area contributed by atoms with E-state index in [2.05, 4.69) is 9.97 Å². The second kappa shape index (κ2) is 4.86. The molecule has 0 N–H and O–H groups in total. The monoisotopic (exact) mass is 297 g/mol. The predicted octanol–water partition coefficient (Wildman–Crippen LogP) is 0.849. The largest absolute Gasteiger partial charge is 0.348 e. The minimum Gasteiger partial charge on any atom is -0.347 e. The molecule has 8 nitrogen and oxygen atoms in total. The summed E-state index contributed by atoms with van der Waals surface area (Å²) >= 11 is 5.79. The molecule has 0 saturated carbocycles. The highest BCUT2D eigenvalue weighted by molar-refractivity contribution is 6.31. The number of nitro groups is 1. The first-order chi connectivity index (χ1) is 9.58. The molecule has 1 atom stereocenters. The molecule has 0 aliphatic carbocycles. The molecule has 3 rings (SSSR count). The van der Waals surface area contributed by atoms with Gasteiger partial charge in [0, 0.05) is 32.1 Å². The highest BCUT2D eigenvalue weighted by Crippen LogP contribution is 2.33. The smallest absolute Gasteiger partial charge is 0.347 e. The van der Waals surface area contributed by atoms with Crippen molar-refractivity contribution in [2.75, 3.05) is 24.5 Å². The Labute approximate surface area is 119 Å². The first kappa shape index (κ1) is 13.0. The van der Waals surface area contributed by atoms with E-state index in [-0.39, 0.29) is 28.6 Å². The average Bonchev–Trinajstić information content (AvgIpc) is 2.79. The molecule has 1 unspecified atom stereocenters. The topological polar surface area (TPSA) is 92.5 Å². The van der Waals surface area contributed by atoms with Crippen LogP contribution in [0.4, 0.5) is 11.5 Å². The Morgan fingerprint density at radius 3 is 2.95 bits per heavy atom. The van der Waals surface area contributed by atoms with Crippen LogP contribution in [0, 0.1) is 10.1 Å². The van der Waals surface area contributed by atoms with Crippen LogP contribution in [0.25, 0.3) is 0 Å². The van der Waals surface area contributed by atoms with Gasteiger partial charge in [0.15, 0.2) is 0 Å². The van der Waals surface area contributed by atoms with E-state index in [4.69, 9.17) is 11.6 Å². The summed E-state index contributed by atoms with van der Waals surface area (Å²) in [5.74, 6) is 0.388. The molecule has 2 fully saturated rings. The molecular weight excluding hydrogens is 286 g/mol. The molecule has 0 spiro atoms. The molecule has 3 heterocycles. The molecule has 1 amide bonds. The number of amides is 1. The zero-order chi connectivity index (χ0) is 14.3. The van der Waals surface area contributed by atoms with Crippen LogP contribution in [0.2, 0.25) is 5.15 Å². The summed E-state index contributed by atoms with van der Waals surface area (Å²) < 4.78 is 0. The van der Waals surface area contributed by atoms with Crippen molar-refractivity contribution in [1.29, 1.82) is 0 Å². The maximum atomic E-state index is 11.6. The molecular formula is C11H12ClN5O3. The van der Waals surface area contributed by atoms with Crippen molar-refractivity contribution >= 4 is 29.0 Å². The summed E-state index contributed by atoms with van der Waals surface area (Å²) in [6.07, 6.45) is 2.55. The third-order valence-electron chi connectivity index (χ3n) is 3.73. The van der Waals surface area contributed by atoms with Crippen LogP contribution < -0.4 is 4.90 Å².